The molecule has 0 aromatic carbocycles. The van der Waals surface area contributed by atoms with Crippen LogP contribution in [-0.2, 0) is 9.84 Å². The number of carbonyl (C=O) groups is 1. The molecule has 1 unspecified atom stereocenters. The highest BCUT2D eigenvalue weighted by Gasteiger charge is 2.36. The molecule has 1 saturated heterocycles. The van der Waals surface area contributed by atoms with Crippen molar-refractivity contribution in [2.75, 3.05) is 23.8 Å². The molecule has 1 aliphatic rings. The minimum Gasteiger partial charge on any atom is -0.320 e. The standard InChI is InChI=1S/C12H15ClN2O3S2/c1-2-20(17,18)11-8-19-6-5-15(11)12(16)9-7-14-4-3-10(9)13/h3-4,7,11H,2,5-6,8H2,1H3. The molecule has 5 nitrogen and oxygen atoms in total. The first-order valence-corrected chi connectivity index (χ1v) is 9.42. The number of nitrogens with zero attached hydrogens (tertiary/aromatic N) is 2. The van der Waals surface area contributed by atoms with Crippen molar-refractivity contribution in [1.29, 1.82) is 0 Å². The lowest BCUT2D eigenvalue weighted by atomic mass is 10.2. The molecule has 0 bridgehead atoms. The zero-order chi connectivity index (χ0) is 14.8. The van der Waals surface area contributed by atoms with Gasteiger partial charge in [-0.3, -0.25) is 9.78 Å². The Kier molecular flexibility index (Phi) is 4.93. The number of rotatable bonds is 3. The second-order valence-electron chi connectivity index (χ2n) is 4.34. The van der Waals surface area contributed by atoms with Crippen molar-refractivity contribution in [2.24, 2.45) is 0 Å². The van der Waals surface area contributed by atoms with E-state index in [-0.39, 0.29) is 22.2 Å². The monoisotopic (exact) mass is 334 g/mol. The van der Waals surface area contributed by atoms with Crippen molar-refractivity contribution < 1.29 is 13.2 Å². The fourth-order valence-electron chi connectivity index (χ4n) is 1.99. The van der Waals surface area contributed by atoms with Crippen molar-refractivity contribution in [3.05, 3.63) is 29.0 Å². The Balaban J connectivity index is 2.34. The fraction of sp³-hybridized carbons (Fsp3) is 0.500. The maximum absolute atomic E-state index is 12.5. The van der Waals surface area contributed by atoms with Crippen LogP contribution in [0.1, 0.15) is 17.3 Å². The molecular weight excluding hydrogens is 320 g/mol. The van der Waals surface area contributed by atoms with E-state index < -0.39 is 15.2 Å². The molecule has 8 heteroatoms. The van der Waals surface area contributed by atoms with Crippen molar-refractivity contribution in [3.63, 3.8) is 0 Å². The summed E-state index contributed by atoms with van der Waals surface area (Å²) in [6, 6.07) is 1.52. The van der Waals surface area contributed by atoms with Gasteiger partial charge in [-0.15, -0.1) is 0 Å². The third-order valence-electron chi connectivity index (χ3n) is 3.16. The minimum absolute atomic E-state index is 0.0166. The second kappa shape index (κ2) is 6.32. The van der Waals surface area contributed by atoms with Crippen LogP contribution in [0.2, 0.25) is 5.02 Å². The van der Waals surface area contributed by atoms with E-state index in [0.29, 0.717) is 12.3 Å². The average molecular weight is 335 g/mol. The van der Waals surface area contributed by atoms with E-state index in [2.05, 4.69) is 4.98 Å². The summed E-state index contributed by atoms with van der Waals surface area (Å²) in [7, 11) is -3.32. The molecule has 110 valence electrons. The summed E-state index contributed by atoms with van der Waals surface area (Å²) in [5.74, 6) is 0.771. The van der Waals surface area contributed by atoms with Crippen LogP contribution in [0.5, 0.6) is 0 Å². The van der Waals surface area contributed by atoms with Crippen LogP contribution >= 0.6 is 23.4 Å². The van der Waals surface area contributed by atoms with Crippen molar-refractivity contribution in [3.8, 4) is 0 Å². The predicted molar refractivity (Wildman–Crippen MR) is 80.9 cm³/mol. The molecule has 1 aromatic rings. The van der Waals surface area contributed by atoms with Gasteiger partial charge >= 0.3 is 0 Å². The third-order valence-corrected chi connectivity index (χ3v) is 6.78. The van der Waals surface area contributed by atoms with Crippen molar-refractivity contribution in [1.82, 2.24) is 9.88 Å². The van der Waals surface area contributed by atoms with Crippen molar-refractivity contribution in [2.45, 2.75) is 12.3 Å². The number of amides is 1. The number of carbonyl (C=O) groups excluding carboxylic acids is 1. The van der Waals surface area contributed by atoms with Crippen LogP contribution in [0.15, 0.2) is 18.5 Å². The number of sulfone groups is 1. The summed E-state index contributed by atoms with van der Waals surface area (Å²) in [5.41, 5.74) is 0.248. The molecular formula is C12H15ClN2O3S2. The Bertz CT molecular complexity index is 606. The summed E-state index contributed by atoms with van der Waals surface area (Å²) in [6.45, 7) is 1.99. The SMILES string of the molecule is CCS(=O)(=O)C1CSCCN1C(=O)c1cnccc1Cl. The quantitative estimate of drug-likeness (QED) is 0.841. The normalized spacial score (nSPS) is 19.9. The van der Waals surface area contributed by atoms with E-state index in [1.165, 1.54) is 23.4 Å². The molecule has 0 spiro atoms. The molecule has 0 saturated carbocycles. The van der Waals surface area contributed by atoms with E-state index in [1.807, 2.05) is 0 Å². The van der Waals surface area contributed by atoms with Crippen LogP contribution in [0.3, 0.4) is 0 Å². The average Bonchev–Trinajstić information content (AvgIpc) is 2.47. The van der Waals surface area contributed by atoms with E-state index in [4.69, 9.17) is 11.6 Å². The van der Waals surface area contributed by atoms with Gasteiger partial charge < -0.3 is 4.90 Å². The Morgan fingerprint density at radius 1 is 1.60 bits per heavy atom. The highest BCUT2D eigenvalue weighted by Crippen LogP contribution is 2.25. The molecule has 1 amide bonds. The largest absolute Gasteiger partial charge is 0.320 e. The molecule has 0 aliphatic carbocycles. The first-order valence-electron chi connectivity index (χ1n) is 6.17. The number of hydrogen-bond donors (Lipinski definition) is 0. The fourth-order valence-corrected chi connectivity index (χ4v) is 5.14. The van der Waals surface area contributed by atoms with Gasteiger partial charge in [0.2, 0.25) is 0 Å². The summed E-state index contributed by atoms with van der Waals surface area (Å²) < 4.78 is 24.3. The number of halogens is 1. The van der Waals surface area contributed by atoms with Gasteiger partial charge in [-0.1, -0.05) is 18.5 Å². The molecule has 1 aliphatic heterocycles. The van der Waals surface area contributed by atoms with Crippen LogP contribution in [0, 0.1) is 0 Å². The van der Waals surface area contributed by atoms with Crippen LogP contribution in [-0.4, -0.2) is 53.4 Å². The lowest BCUT2D eigenvalue weighted by molar-refractivity contribution is 0.0749. The summed E-state index contributed by atoms with van der Waals surface area (Å²) in [6.07, 6.45) is 2.87. The zero-order valence-electron chi connectivity index (χ0n) is 11.0. The highest BCUT2D eigenvalue weighted by atomic mass is 35.5. The summed E-state index contributed by atoms with van der Waals surface area (Å²) in [5, 5.41) is -0.495. The Morgan fingerprint density at radius 3 is 3.00 bits per heavy atom. The second-order valence-corrected chi connectivity index (χ2v) is 8.34. The molecule has 1 atom stereocenters. The molecule has 1 aromatic heterocycles. The first-order chi connectivity index (χ1) is 9.47. The van der Waals surface area contributed by atoms with E-state index in [0.717, 1.165) is 5.75 Å². The van der Waals surface area contributed by atoms with E-state index >= 15 is 0 Å². The van der Waals surface area contributed by atoms with Gasteiger partial charge in [0.25, 0.3) is 5.91 Å². The molecule has 0 N–H and O–H groups in total. The summed E-state index contributed by atoms with van der Waals surface area (Å²) >= 11 is 7.54. The number of pyridine rings is 1. The van der Waals surface area contributed by atoms with Crippen LogP contribution in [0.4, 0.5) is 0 Å². The molecule has 0 radical (unpaired) electrons. The molecule has 2 heterocycles. The number of aromatic nitrogens is 1. The van der Waals surface area contributed by atoms with Gasteiger partial charge in [0.05, 0.1) is 10.6 Å². The van der Waals surface area contributed by atoms with Gasteiger partial charge in [0, 0.05) is 36.2 Å². The van der Waals surface area contributed by atoms with Gasteiger partial charge in [0.15, 0.2) is 9.84 Å². The van der Waals surface area contributed by atoms with Gasteiger partial charge in [-0.2, -0.15) is 11.8 Å². The topological polar surface area (TPSA) is 67.3 Å². The molecule has 2 rings (SSSR count). The molecule has 20 heavy (non-hydrogen) atoms. The van der Waals surface area contributed by atoms with E-state index in [1.54, 1.807) is 18.7 Å². The van der Waals surface area contributed by atoms with E-state index in [9.17, 15) is 13.2 Å². The number of hydrogen-bond acceptors (Lipinski definition) is 5. The van der Waals surface area contributed by atoms with Crippen LogP contribution < -0.4 is 0 Å². The Hall–Kier alpha value is -0.790. The Labute approximate surface area is 127 Å². The number of thioether (sulfide) groups is 1. The van der Waals surface area contributed by atoms with Crippen molar-refractivity contribution >= 4 is 39.1 Å². The smallest absolute Gasteiger partial charge is 0.258 e. The Morgan fingerprint density at radius 2 is 2.35 bits per heavy atom. The maximum Gasteiger partial charge on any atom is 0.258 e. The van der Waals surface area contributed by atoms with Gasteiger partial charge in [0.1, 0.15) is 5.37 Å². The van der Waals surface area contributed by atoms with Gasteiger partial charge in [-0.25, -0.2) is 8.42 Å². The lowest BCUT2D eigenvalue weighted by Gasteiger charge is -2.34. The van der Waals surface area contributed by atoms with Gasteiger partial charge in [-0.05, 0) is 6.07 Å². The lowest BCUT2D eigenvalue weighted by Crippen LogP contribution is -2.50. The first kappa shape index (κ1) is 15.6. The zero-order valence-corrected chi connectivity index (χ0v) is 13.3. The third kappa shape index (κ3) is 3.10. The molecule has 1 fully saturated rings. The van der Waals surface area contributed by atoms with Crippen LogP contribution in [0.25, 0.3) is 0 Å². The highest BCUT2D eigenvalue weighted by molar-refractivity contribution is 8.01. The maximum atomic E-state index is 12.5. The summed E-state index contributed by atoms with van der Waals surface area (Å²) in [4.78, 5) is 17.8. The minimum atomic E-state index is -3.32. The predicted octanol–water partition coefficient (Wildman–Crippen LogP) is 1.68.